The first-order valence-corrected chi connectivity index (χ1v) is 9.14. The van der Waals surface area contributed by atoms with Gasteiger partial charge in [-0.15, -0.1) is 0 Å². The highest BCUT2D eigenvalue weighted by Gasteiger charge is 2.27. The van der Waals surface area contributed by atoms with Crippen molar-refractivity contribution in [3.63, 3.8) is 0 Å². The number of carbonyl (C=O) groups is 1. The molecular weight excluding hydrogens is 334 g/mol. The summed E-state index contributed by atoms with van der Waals surface area (Å²) in [5.74, 6) is 0.0260. The first kappa shape index (κ1) is 16.5. The van der Waals surface area contributed by atoms with Crippen molar-refractivity contribution >= 4 is 21.7 Å². The van der Waals surface area contributed by atoms with E-state index < -0.39 is 16.0 Å². The van der Waals surface area contributed by atoms with Crippen LogP contribution in [0.25, 0.3) is 0 Å². The Bertz CT molecular complexity index is 879. The Morgan fingerprint density at radius 1 is 1.46 bits per heavy atom. The summed E-state index contributed by atoms with van der Waals surface area (Å²) in [7, 11) is -2.55. The van der Waals surface area contributed by atoms with Crippen LogP contribution >= 0.6 is 0 Å². The lowest BCUT2D eigenvalue weighted by Gasteiger charge is -2.05. The highest BCUT2D eigenvalue weighted by Crippen LogP contribution is 2.31. The van der Waals surface area contributed by atoms with E-state index in [1.165, 1.54) is 19.4 Å². The van der Waals surface area contributed by atoms with Gasteiger partial charge in [0.05, 0.1) is 6.20 Å². The molecule has 2 N–H and O–H groups in total. The predicted molar refractivity (Wildman–Crippen MR) is 85.3 cm³/mol. The van der Waals surface area contributed by atoms with E-state index in [1.54, 1.807) is 0 Å². The highest BCUT2D eigenvalue weighted by molar-refractivity contribution is 7.92. The van der Waals surface area contributed by atoms with Crippen LogP contribution in [0.4, 0.5) is 5.69 Å². The highest BCUT2D eigenvalue weighted by atomic mass is 32.2. The molecule has 3 rings (SSSR count). The molecule has 0 bridgehead atoms. The zero-order valence-electron chi connectivity index (χ0n) is 13.4. The SMILES string of the molecule is CCc1nc(S(=O)(=O)Nc2cnn(C)c2C(=O)O)cn1CC1CC1. The van der Waals surface area contributed by atoms with Crippen molar-refractivity contribution in [2.24, 2.45) is 13.0 Å². The van der Waals surface area contributed by atoms with Crippen molar-refractivity contribution in [3.8, 4) is 0 Å². The van der Waals surface area contributed by atoms with Gasteiger partial charge in [0, 0.05) is 26.2 Å². The number of sulfonamides is 1. The lowest BCUT2D eigenvalue weighted by atomic mass is 10.4. The summed E-state index contributed by atoms with van der Waals surface area (Å²) < 4.78 is 30.3. The van der Waals surface area contributed by atoms with Crippen molar-refractivity contribution in [1.29, 1.82) is 0 Å². The minimum absolute atomic E-state index is 0.0835. The molecule has 0 spiro atoms. The van der Waals surface area contributed by atoms with Crippen LogP contribution in [0.5, 0.6) is 0 Å². The van der Waals surface area contributed by atoms with Gasteiger partial charge in [-0.05, 0) is 18.8 Å². The summed E-state index contributed by atoms with van der Waals surface area (Å²) in [5, 5.41) is 12.9. The molecule has 0 unspecified atom stereocenters. The van der Waals surface area contributed by atoms with Gasteiger partial charge in [0.25, 0.3) is 10.0 Å². The fourth-order valence-electron chi connectivity index (χ4n) is 2.54. The number of rotatable bonds is 7. The number of nitrogens with one attached hydrogen (secondary N) is 1. The van der Waals surface area contributed by atoms with Crippen LogP contribution in [0, 0.1) is 5.92 Å². The average Bonchev–Trinajstić information content (AvgIpc) is 3.09. The largest absolute Gasteiger partial charge is 0.476 e. The molecule has 0 amide bonds. The first-order chi connectivity index (χ1) is 11.3. The number of hydrogen-bond donors (Lipinski definition) is 2. The molecule has 0 saturated heterocycles. The molecule has 1 fully saturated rings. The Labute approximate surface area is 139 Å². The Morgan fingerprint density at radius 3 is 2.75 bits per heavy atom. The third kappa shape index (κ3) is 3.14. The lowest BCUT2D eigenvalue weighted by Crippen LogP contribution is -2.16. The van der Waals surface area contributed by atoms with Gasteiger partial charge in [-0.3, -0.25) is 9.40 Å². The zero-order chi connectivity index (χ0) is 17.5. The van der Waals surface area contributed by atoms with E-state index in [9.17, 15) is 18.3 Å². The number of hydrogen-bond acceptors (Lipinski definition) is 5. The number of anilines is 1. The van der Waals surface area contributed by atoms with Crippen molar-refractivity contribution < 1.29 is 18.3 Å². The van der Waals surface area contributed by atoms with Crippen LogP contribution in [0.2, 0.25) is 0 Å². The minimum atomic E-state index is -3.98. The molecule has 1 aliphatic rings. The summed E-state index contributed by atoms with van der Waals surface area (Å²) in [4.78, 5) is 15.4. The van der Waals surface area contributed by atoms with Gasteiger partial charge >= 0.3 is 5.97 Å². The fraction of sp³-hybridized carbons (Fsp3) is 0.500. The van der Waals surface area contributed by atoms with Crippen LogP contribution < -0.4 is 4.72 Å². The van der Waals surface area contributed by atoms with Crippen LogP contribution in [0.1, 0.15) is 36.1 Å². The number of carboxylic acid groups (broad SMARTS) is 1. The molecule has 1 saturated carbocycles. The molecule has 130 valence electrons. The Hall–Kier alpha value is -2.36. The third-order valence-corrected chi connectivity index (χ3v) is 5.20. The van der Waals surface area contributed by atoms with E-state index >= 15 is 0 Å². The maximum absolute atomic E-state index is 12.6. The van der Waals surface area contributed by atoms with E-state index in [2.05, 4.69) is 14.8 Å². The maximum atomic E-state index is 12.6. The number of aryl methyl sites for hydroxylation is 2. The van der Waals surface area contributed by atoms with E-state index in [4.69, 9.17) is 0 Å². The summed E-state index contributed by atoms with van der Waals surface area (Å²) in [6, 6.07) is 0. The van der Waals surface area contributed by atoms with Crippen LogP contribution in [0.3, 0.4) is 0 Å². The van der Waals surface area contributed by atoms with Crippen molar-refractivity contribution in [2.45, 2.75) is 37.8 Å². The second-order valence-corrected chi connectivity index (χ2v) is 7.52. The predicted octanol–water partition coefficient (Wildman–Crippen LogP) is 1.09. The normalized spacial score (nSPS) is 14.8. The Kier molecular flexibility index (Phi) is 4.08. The number of nitrogens with zero attached hydrogens (tertiary/aromatic N) is 4. The molecule has 0 aliphatic heterocycles. The number of carboxylic acids is 1. The zero-order valence-corrected chi connectivity index (χ0v) is 14.2. The quantitative estimate of drug-likeness (QED) is 0.769. The monoisotopic (exact) mass is 353 g/mol. The second kappa shape index (κ2) is 5.93. The van der Waals surface area contributed by atoms with Gasteiger partial charge in [0.2, 0.25) is 0 Å². The minimum Gasteiger partial charge on any atom is -0.476 e. The Balaban J connectivity index is 1.90. The summed E-state index contributed by atoms with van der Waals surface area (Å²) in [6.45, 7) is 2.68. The standard InChI is InChI=1S/C14H19N5O4S/c1-3-11-16-12(8-19(11)7-9-4-5-9)24(22,23)17-10-6-15-18(2)13(10)14(20)21/h6,8-9,17H,3-5,7H2,1-2H3,(H,20,21). The van der Waals surface area contributed by atoms with Crippen LogP contribution in [0.15, 0.2) is 17.4 Å². The van der Waals surface area contributed by atoms with Crippen LogP contribution in [-0.4, -0.2) is 38.8 Å². The number of aromatic nitrogens is 4. The van der Waals surface area contributed by atoms with Gasteiger partial charge in [-0.1, -0.05) is 6.92 Å². The summed E-state index contributed by atoms with van der Waals surface area (Å²) in [6.07, 6.45) is 5.60. The lowest BCUT2D eigenvalue weighted by molar-refractivity contribution is 0.0686. The van der Waals surface area contributed by atoms with Crippen molar-refractivity contribution in [1.82, 2.24) is 19.3 Å². The Morgan fingerprint density at radius 2 is 2.17 bits per heavy atom. The van der Waals surface area contributed by atoms with Gasteiger partial charge in [0.1, 0.15) is 11.5 Å². The molecule has 0 aromatic carbocycles. The molecule has 2 aromatic heterocycles. The molecule has 24 heavy (non-hydrogen) atoms. The molecule has 10 heteroatoms. The van der Waals surface area contributed by atoms with Gasteiger partial charge in [0.15, 0.2) is 10.7 Å². The van der Waals surface area contributed by atoms with Crippen molar-refractivity contribution in [3.05, 3.63) is 23.9 Å². The molecule has 2 aromatic rings. The summed E-state index contributed by atoms with van der Waals surface area (Å²) >= 11 is 0. The van der Waals surface area contributed by atoms with E-state index in [0.717, 1.165) is 24.1 Å². The van der Waals surface area contributed by atoms with Crippen LogP contribution in [-0.2, 0) is 30.0 Å². The first-order valence-electron chi connectivity index (χ1n) is 7.66. The summed E-state index contributed by atoms with van der Waals surface area (Å²) in [5.41, 5.74) is -0.313. The topological polar surface area (TPSA) is 119 Å². The smallest absolute Gasteiger partial charge is 0.356 e. The van der Waals surface area contributed by atoms with Crippen molar-refractivity contribution in [2.75, 3.05) is 4.72 Å². The number of aromatic carboxylic acids is 1. The fourth-order valence-corrected chi connectivity index (χ4v) is 3.57. The molecule has 1 aliphatic carbocycles. The third-order valence-electron chi connectivity index (χ3n) is 3.97. The maximum Gasteiger partial charge on any atom is 0.356 e. The second-order valence-electron chi connectivity index (χ2n) is 5.89. The van der Waals surface area contributed by atoms with E-state index in [-0.39, 0.29) is 16.4 Å². The van der Waals surface area contributed by atoms with Gasteiger partial charge in [-0.25, -0.2) is 9.78 Å². The molecule has 2 heterocycles. The van der Waals surface area contributed by atoms with E-state index in [0.29, 0.717) is 18.2 Å². The molecule has 0 radical (unpaired) electrons. The van der Waals surface area contributed by atoms with Gasteiger partial charge in [-0.2, -0.15) is 13.5 Å². The average molecular weight is 353 g/mol. The number of imidazole rings is 1. The van der Waals surface area contributed by atoms with E-state index in [1.807, 2.05) is 11.5 Å². The molecule has 9 nitrogen and oxygen atoms in total. The van der Waals surface area contributed by atoms with Gasteiger partial charge < -0.3 is 9.67 Å². The molecular formula is C14H19N5O4S. The molecule has 0 atom stereocenters.